The molecule has 15 rings (SSSR count). The number of anilines is 3. The van der Waals surface area contributed by atoms with Crippen molar-refractivity contribution >= 4 is 107 Å². The molecule has 3 heterocycles. The van der Waals surface area contributed by atoms with Crippen LogP contribution in [0.3, 0.4) is 0 Å². The van der Waals surface area contributed by atoms with Crippen LogP contribution in [0, 0.1) is 0 Å². The molecule has 2 aliphatic heterocycles. The standard InChI is InChI=1S/C70H48N2OSi2/c1-4-24-51(25-5-1)72-60-33-13-12-31-58(60)70-57(32-21-35-61(70)72)50-42-44-52(45-43-50)71(59-34-20-23-49-22-10-11-30-56(49)59)53-46-47-68-69(48-53)75(64-38-16-14-36-62(64)73-63-37-15-17-39-65(63)75)67-41-19-18-40-66(67)74(68,54-26-6-2-7-27-54)55-28-8-3-9-29-55/h1-48H. The molecule has 5 heteroatoms. The van der Waals surface area contributed by atoms with E-state index in [2.05, 4.69) is 301 Å². The van der Waals surface area contributed by atoms with Crippen molar-refractivity contribution in [1.82, 2.24) is 4.57 Å². The molecule has 0 bridgehead atoms. The smallest absolute Gasteiger partial charge is 0.188 e. The number of rotatable bonds is 7. The SMILES string of the molecule is c1ccc(-n2c3ccccc3c3c(-c4ccc(N(c5ccc6c(c5)[Si]5(c7ccccc7Oc7ccccc75)c5ccccc5[Si]6(c5ccccc5)c5ccccc5)c5cccc6ccccc56)cc4)cccc32)cc1. The van der Waals surface area contributed by atoms with Crippen LogP contribution in [0.4, 0.5) is 17.1 Å². The first-order valence-corrected chi connectivity index (χ1v) is 29.9. The minimum atomic E-state index is -3.18. The van der Waals surface area contributed by atoms with Crippen LogP contribution in [0.1, 0.15) is 0 Å². The van der Waals surface area contributed by atoms with Gasteiger partial charge in [0, 0.05) is 33.2 Å². The summed E-state index contributed by atoms with van der Waals surface area (Å²) in [5.41, 5.74) is 9.25. The zero-order valence-corrected chi connectivity index (χ0v) is 43.0. The Bertz CT molecular complexity index is 4250. The van der Waals surface area contributed by atoms with Crippen LogP contribution in [-0.4, -0.2) is 20.7 Å². The second kappa shape index (κ2) is 17.2. The lowest BCUT2D eigenvalue weighted by atomic mass is 9.99. The second-order valence-corrected chi connectivity index (χ2v) is 27.3. The summed E-state index contributed by atoms with van der Waals surface area (Å²) in [7, 11) is -6.21. The first kappa shape index (κ1) is 43.3. The van der Waals surface area contributed by atoms with Gasteiger partial charge in [-0.2, -0.15) is 0 Å². The van der Waals surface area contributed by atoms with E-state index < -0.39 is 16.1 Å². The van der Waals surface area contributed by atoms with Gasteiger partial charge in [-0.15, -0.1) is 0 Å². The van der Waals surface area contributed by atoms with E-state index >= 15 is 0 Å². The molecule has 0 saturated heterocycles. The lowest BCUT2D eigenvalue weighted by Crippen LogP contribution is -2.93. The van der Waals surface area contributed by atoms with E-state index in [1.165, 1.54) is 85.2 Å². The van der Waals surface area contributed by atoms with Gasteiger partial charge < -0.3 is 14.2 Å². The lowest BCUT2D eigenvalue weighted by Gasteiger charge is -2.50. The summed E-state index contributed by atoms with van der Waals surface area (Å²) in [6, 6.07) is 109. The molecule has 0 saturated carbocycles. The Morgan fingerprint density at radius 3 is 1.53 bits per heavy atom. The molecule has 352 valence electrons. The monoisotopic (exact) mass is 988 g/mol. The molecule has 1 aromatic heterocycles. The van der Waals surface area contributed by atoms with Crippen molar-refractivity contribution in [3.05, 3.63) is 291 Å². The van der Waals surface area contributed by atoms with Crippen molar-refractivity contribution in [3.8, 4) is 28.3 Å². The fraction of sp³-hybridized carbons (Fsp3) is 0. The van der Waals surface area contributed by atoms with Crippen LogP contribution in [0.5, 0.6) is 11.5 Å². The summed E-state index contributed by atoms with van der Waals surface area (Å²) in [5.74, 6) is 1.87. The number of aromatic nitrogens is 1. The minimum absolute atomic E-state index is 0.936. The van der Waals surface area contributed by atoms with Gasteiger partial charge in [-0.05, 0) is 125 Å². The summed E-state index contributed by atoms with van der Waals surface area (Å²) >= 11 is 0. The molecular formula is C70H48N2OSi2. The topological polar surface area (TPSA) is 17.4 Å². The van der Waals surface area contributed by atoms with Crippen LogP contribution >= 0.6 is 0 Å². The number of para-hydroxylation sites is 4. The lowest BCUT2D eigenvalue weighted by molar-refractivity contribution is 0.487. The molecule has 0 unspecified atom stereocenters. The molecule has 0 aliphatic carbocycles. The van der Waals surface area contributed by atoms with E-state index in [0.717, 1.165) is 34.2 Å². The predicted octanol–water partition coefficient (Wildman–Crippen LogP) is 12.2. The van der Waals surface area contributed by atoms with Gasteiger partial charge in [0.05, 0.1) is 16.7 Å². The predicted molar refractivity (Wildman–Crippen MR) is 319 cm³/mol. The fourth-order valence-electron chi connectivity index (χ4n) is 13.2. The molecular weight excluding hydrogens is 941 g/mol. The Balaban J connectivity index is 1.01. The zero-order valence-electron chi connectivity index (χ0n) is 41.0. The molecule has 12 aromatic carbocycles. The van der Waals surface area contributed by atoms with Crippen LogP contribution in [0.2, 0.25) is 0 Å². The number of fused-ring (bicyclic) bond motifs is 12. The highest BCUT2D eigenvalue weighted by Gasteiger charge is 2.59. The van der Waals surface area contributed by atoms with E-state index in [-0.39, 0.29) is 0 Å². The van der Waals surface area contributed by atoms with E-state index in [4.69, 9.17) is 4.74 Å². The van der Waals surface area contributed by atoms with Crippen molar-refractivity contribution in [2.24, 2.45) is 0 Å². The quantitative estimate of drug-likeness (QED) is 0.148. The van der Waals surface area contributed by atoms with Crippen LogP contribution in [0.15, 0.2) is 291 Å². The second-order valence-electron chi connectivity index (χ2n) is 19.9. The molecule has 13 aromatic rings. The van der Waals surface area contributed by atoms with Crippen molar-refractivity contribution in [2.45, 2.75) is 0 Å². The van der Waals surface area contributed by atoms with Crippen LogP contribution in [-0.2, 0) is 0 Å². The molecule has 3 nitrogen and oxygen atoms in total. The third-order valence-electron chi connectivity index (χ3n) is 16.2. The van der Waals surface area contributed by atoms with E-state index in [1.54, 1.807) is 0 Å². The maximum absolute atomic E-state index is 6.98. The molecule has 75 heavy (non-hydrogen) atoms. The molecule has 0 atom stereocenters. The maximum atomic E-state index is 6.98. The maximum Gasteiger partial charge on any atom is 0.188 e. The number of nitrogens with zero attached hydrogens (tertiary/aromatic N) is 2. The summed E-state index contributed by atoms with van der Waals surface area (Å²) in [6.45, 7) is 0. The van der Waals surface area contributed by atoms with Gasteiger partial charge in [-0.1, -0.05) is 224 Å². The van der Waals surface area contributed by atoms with Crippen LogP contribution < -0.4 is 51.1 Å². The Kier molecular flexibility index (Phi) is 9.92. The summed E-state index contributed by atoms with van der Waals surface area (Å²) in [6.07, 6.45) is 0. The molecule has 2 aliphatic rings. The number of ether oxygens (including phenoxy) is 1. The fourth-order valence-corrected chi connectivity index (χ4v) is 25.5. The summed E-state index contributed by atoms with van der Waals surface area (Å²) in [4.78, 5) is 2.52. The average molecular weight is 989 g/mol. The first-order chi connectivity index (χ1) is 37.2. The highest BCUT2D eigenvalue weighted by atomic mass is 28.3. The Morgan fingerprint density at radius 2 is 0.840 bits per heavy atom. The van der Waals surface area contributed by atoms with Crippen molar-refractivity contribution in [1.29, 1.82) is 0 Å². The largest absolute Gasteiger partial charge is 0.458 e. The zero-order chi connectivity index (χ0) is 49.5. The van der Waals surface area contributed by atoms with Crippen molar-refractivity contribution in [2.75, 3.05) is 4.90 Å². The van der Waals surface area contributed by atoms with Gasteiger partial charge in [0.2, 0.25) is 0 Å². The Labute approximate surface area is 438 Å². The Hall–Kier alpha value is -9.27. The normalized spacial score (nSPS) is 13.7. The van der Waals surface area contributed by atoms with Gasteiger partial charge >= 0.3 is 0 Å². The number of hydrogen-bond acceptors (Lipinski definition) is 2. The number of benzene rings is 12. The van der Waals surface area contributed by atoms with E-state index in [0.29, 0.717) is 0 Å². The van der Waals surface area contributed by atoms with Gasteiger partial charge in [0.1, 0.15) is 11.5 Å². The van der Waals surface area contributed by atoms with Crippen LogP contribution in [0.25, 0.3) is 49.4 Å². The van der Waals surface area contributed by atoms with E-state index in [9.17, 15) is 0 Å². The first-order valence-electron chi connectivity index (χ1n) is 25.9. The summed E-state index contributed by atoms with van der Waals surface area (Å²) < 4.78 is 9.38. The van der Waals surface area contributed by atoms with Crippen molar-refractivity contribution < 1.29 is 4.74 Å². The summed E-state index contributed by atoms with van der Waals surface area (Å²) in [5, 5.41) is 15.9. The molecule has 1 spiro atoms. The average Bonchev–Trinajstić information content (AvgIpc) is 4.01. The highest BCUT2D eigenvalue weighted by molar-refractivity contribution is 7.33. The van der Waals surface area contributed by atoms with Gasteiger partial charge in [-0.25, -0.2) is 0 Å². The van der Waals surface area contributed by atoms with Crippen molar-refractivity contribution in [3.63, 3.8) is 0 Å². The molecule has 0 N–H and O–H groups in total. The third kappa shape index (κ3) is 6.32. The van der Waals surface area contributed by atoms with Gasteiger partial charge in [0.25, 0.3) is 0 Å². The Morgan fingerprint density at radius 1 is 0.333 bits per heavy atom. The third-order valence-corrected chi connectivity index (χ3v) is 26.5. The van der Waals surface area contributed by atoms with Gasteiger partial charge in [-0.3, -0.25) is 0 Å². The molecule has 0 fully saturated rings. The number of hydrogen-bond donors (Lipinski definition) is 0. The molecule has 0 amide bonds. The highest BCUT2D eigenvalue weighted by Crippen LogP contribution is 2.43. The van der Waals surface area contributed by atoms with Gasteiger partial charge in [0.15, 0.2) is 16.1 Å². The van der Waals surface area contributed by atoms with E-state index in [1.807, 2.05) is 0 Å². The minimum Gasteiger partial charge on any atom is -0.458 e. The molecule has 0 radical (unpaired) electrons.